The van der Waals surface area contributed by atoms with Crippen LogP contribution >= 0.6 is 0 Å². The molecule has 0 aliphatic carbocycles. The molecule has 1 amide bonds. The number of hydrogen-bond acceptors (Lipinski definition) is 5. The molecule has 6 heteroatoms. The third-order valence-corrected chi connectivity index (χ3v) is 2.30. The molecule has 0 saturated heterocycles. The number of hydrogen-bond donors (Lipinski definition) is 1. The van der Waals surface area contributed by atoms with Gasteiger partial charge in [0.2, 0.25) is 0 Å². The Kier molecular flexibility index (Phi) is 5.53. The van der Waals surface area contributed by atoms with Gasteiger partial charge >= 0.3 is 17.8 Å². The van der Waals surface area contributed by atoms with Gasteiger partial charge in [0.1, 0.15) is 12.6 Å². The highest BCUT2D eigenvalue weighted by Crippen LogP contribution is 2.01. The number of esters is 2. The molecule has 1 aromatic carbocycles. The van der Waals surface area contributed by atoms with Gasteiger partial charge in [-0.15, -0.1) is 0 Å². The fourth-order valence-corrected chi connectivity index (χ4v) is 1.26. The SMILES string of the molecule is COC(=O)C(=O)NC(C)C(=O)OCc1ccccc1. The molecule has 1 aromatic rings. The van der Waals surface area contributed by atoms with Crippen LogP contribution in [0.25, 0.3) is 0 Å². The Morgan fingerprint density at radius 2 is 1.84 bits per heavy atom. The van der Waals surface area contributed by atoms with Gasteiger partial charge in [0.15, 0.2) is 0 Å². The van der Waals surface area contributed by atoms with Crippen molar-refractivity contribution in [2.75, 3.05) is 7.11 Å². The monoisotopic (exact) mass is 265 g/mol. The molecule has 0 aromatic heterocycles. The largest absolute Gasteiger partial charge is 0.462 e. The van der Waals surface area contributed by atoms with Crippen LogP contribution in [0.1, 0.15) is 12.5 Å². The number of benzene rings is 1. The van der Waals surface area contributed by atoms with E-state index in [1.54, 1.807) is 0 Å². The van der Waals surface area contributed by atoms with Gasteiger partial charge in [-0.05, 0) is 12.5 Å². The van der Waals surface area contributed by atoms with Crippen molar-refractivity contribution in [1.29, 1.82) is 0 Å². The Morgan fingerprint density at radius 1 is 1.21 bits per heavy atom. The van der Waals surface area contributed by atoms with E-state index in [2.05, 4.69) is 10.1 Å². The molecule has 6 nitrogen and oxygen atoms in total. The van der Waals surface area contributed by atoms with Gasteiger partial charge in [-0.2, -0.15) is 0 Å². The van der Waals surface area contributed by atoms with E-state index in [1.165, 1.54) is 6.92 Å². The quantitative estimate of drug-likeness (QED) is 0.629. The molecule has 1 unspecified atom stereocenters. The first-order chi connectivity index (χ1) is 9.04. The fraction of sp³-hybridized carbons (Fsp3) is 0.308. The zero-order valence-electron chi connectivity index (χ0n) is 10.7. The van der Waals surface area contributed by atoms with Crippen molar-refractivity contribution >= 4 is 17.8 Å². The van der Waals surface area contributed by atoms with Gasteiger partial charge in [0.05, 0.1) is 7.11 Å². The molecule has 1 rings (SSSR count). The summed E-state index contributed by atoms with van der Waals surface area (Å²) in [5.41, 5.74) is 0.836. The first kappa shape index (κ1) is 14.7. The Balaban J connectivity index is 2.41. The minimum absolute atomic E-state index is 0.109. The van der Waals surface area contributed by atoms with E-state index < -0.39 is 23.9 Å². The molecule has 0 fully saturated rings. The molecule has 0 aliphatic rings. The molecule has 19 heavy (non-hydrogen) atoms. The molecule has 0 bridgehead atoms. The highest BCUT2D eigenvalue weighted by atomic mass is 16.5. The second kappa shape index (κ2) is 7.15. The summed E-state index contributed by atoms with van der Waals surface area (Å²) in [6, 6.07) is 8.20. The van der Waals surface area contributed by atoms with E-state index in [0.29, 0.717) is 0 Å². The average Bonchev–Trinajstić information content (AvgIpc) is 2.44. The first-order valence-corrected chi connectivity index (χ1v) is 5.64. The van der Waals surface area contributed by atoms with Crippen LogP contribution in [0.2, 0.25) is 0 Å². The Morgan fingerprint density at radius 3 is 2.42 bits per heavy atom. The molecule has 0 saturated carbocycles. The minimum atomic E-state index is -1.05. The number of nitrogens with one attached hydrogen (secondary N) is 1. The van der Waals surface area contributed by atoms with Crippen molar-refractivity contribution in [3.63, 3.8) is 0 Å². The van der Waals surface area contributed by atoms with Crippen LogP contribution in [0.4, 0.5) is 0 Å². The number of carbonyl (C=O) groups is 3. The van der Waals surface area contributed by atoms with Gasteiger partial charge in [-0.1, -0.05) is 30.3 Å². The van der Waals surface area contributed by atoms with E-state index >= 15 is 0 Å². The molecule has 0 aliphatic heterocycles. The molecule has 0 heterocycles. The lowest BCUT2D eigenvalue weighted by Crippen LogP contribution is -2.43. The van der Waals surface area contributed by atoms with Crippen molar-refractivity contribution in [2.45, 2.75) is 19.6 Å². The lowest BCUT2D eigenvalue weighted by Gasteiger charge is -2.12. The van der Waals surface area contributed by atoms with Crippen LogP contribution in [0, 0.1) is 0 Å². The topological polar surface area (TPSA) is 81.7 Å². The number of methoxy groups -OCH3 is 1. The van der Waals surface area contributed by atoms with Gasteiger partial charge in [0.25, 0.3) is 0 Å². The summed E-state index contributed by atoms with van der Waals surface area (Å²) in [6.07, 6.45) is 0. The summed E-state index contributed by atoms with van der Waals surface area (Å²) in [7, 11) is 1.08. The van der Waals surface area contributed by atoms with Gasteiger partial charge in [-0.3, -0.25) is 4.79 Å². The predicted molar refractivity (Wildman–Crippen MR) is 65.9 cm³/mol. The van der Waals surface area contributed by atoms with E-state index in [-0.39, 0.29) is 6.61 Å². The molecule has 1 N–H and O–H groups in total. The Bertz CT molecular complexity index is 457. The lowest BCUT2D eigenvalue weighted by atomic mass is 10.2. The molecule has 0 radical (unpaired) electrons. The highest BCUT2D eigenvalue weighted by molar-refractivity contribution is 6.32. The van der Waals surface area contributed by atoms with Gasteiger partial charge in [-0.25, -0.2) is 9.59 Å². The molecule has 102 valence electrons. The summed E-state index contributed by atoms with van der Waals surface area (Å²) in [5, 5.41) is 2.18. The van der Waals surface area contributed by atoms with Gasteiger partial charge < -0.3 is 14.8 Å². The van der Waals surface area contributed by atoms with Crippen molar-refractivity contribution in [1.82, 2.24) is 5.32 Å². The van der Waals surface area contributed by atoms with Crippen molar-refractivity contribution < 1.29 is 23.9 Å². The number of rotatable bonds is 4. The standard InChI is InChI=1S/C13H15NO5/c1-9(14-11(15)13(17)18-2)12(16)19-8-10-6-4-3-5-7-10/h3-7,9H,8H2,1-2H3,(H,14,15). The van der Waals surface area contributed by atoms with Crippen LogP contribution in [-0.2, 0) is 30.5 Å². The molecular formula is C13H15NO5. The minimum Gasteiger partial charge on any atom is -0.462 e. The normalized spacial score (nSPS) is 11.3. The molecular weight excluding hydrogens is 250 g/mol. The maximum atomic E-state index is 11.6. The van der Waals surface area contributed by atoms with Gasteiger partial charge in [0, 0.05) is 0 Å². The van der Waals surface area contributed by atoms with E-state index in [1.807, 2.05) is 30.3 Å². The number of amides is 1. The molecule has 0 spiro atoms. The highest BCUT2D eigenvalue weighted by Gasteiger charge is 2.21. The second-order valence-corrected chi connectivity index (χ2v) is 3.78. The van der Waals surface area contributed by atoms with E-state index in [4.69, 9.17) is 4.74 Å². The van der Waals surface area contributed by atoms with E-state index in [9.17, 15) is 14.4 Å². The van der Waals surface area contributed by atoms with Crippen molar-refractivity contribution in [3.05, 3.63) is 35.9 Å². The van der Waals surface area contributed by atoms with Crippen molar-refractivity contribution in [3.8, 4) is 0 Å². The number of carbonyl (C=O) groups excluding carboxylic acids is 3. The smallest absolute Gasteiger partial charge is 0.396 e. The maximum absolute atomic E-state index is 11.6. The zero-order valence-corrected chi connectivity index (χ0v) is 10.7. The summed E-state index contributed by atoms with van der Waals surface area (Å²) in [5.74, 6) is -2.66. The summed E-state index contributed by atoms with van der Waals surface area (Å²) in [6.45, 7) is 1.53. The summed E-state index contributed by atoms with van der Waals surface area (Å²) < 4.78 is 9.22. The summed E-state index contributed by atoms with van der Waals surface area (Å²) in [4.78, 5) is 33.6. The first-order valence-electron chi connectivity index (χ1n) is 5.64. The third kappa shape index (κ3) is 4.79. The Labute approximate surface area is 110 Å². The van der Waals surface area contributed by atoms with Crippen LogP contribution in [0.3, 0.4) is 0 Å². The van der Waals surface area contributed by atoms with Crippen LogP contribution in [-0.4, -0.2) is 31.0 Å². The van der Waals surface area contributed by atoms with Crippen LogP contribution in [0.15, 0.2) is 30.3 Å². The Hall–Kier alpha value is -2.37. The third-order valence-electron chi connectivity index (χ3n) is 2.30. The van der Waals surface area contributed by atoms with Crippen LogP contribution < -0.4 is 5.32 Å². The lowest BCUT2D eigenvalue weighted by molar-refractivity contribution is -0.155. The second-order valence-electron chi connectivity index (χ2n) is 3.78. The molecule has 1 atom stereocenters. The fourth-order valence-electron chi connectivity index (χ4n) is 1.26. The zero-order chi connectivity index (χ0) is 14.3. The van der Waals surface area contributed by atoms with Crippen molar-refractivity contribution in [2.24, 2.45) is 0 Å². The predicted octanol–water partition coefficient (Wildman–Crippen LogP) is 0.407. The van der Waals surface area contributed by atoms with E-state index in [0.717, 1.165) is 12.7 Å². The summed E-state index contributed by atoms with van der Waals surface area (Å²) >= 11 is 0. The number of ether oxygens (including phenoxy) is 2. The van der Waals surface area contributed by atoms with Crippen LogP contribution in [0.5, 0.6) is 0 Å². The maximum Gasteiger partial charge on any atom is 0.396 e. The average molecular weight is 265 g/mol.